The Kier molecular flexibility index (Phi) is 6.66. The largest absolute Gasteiger partial charge is 0.454 e. The van der Waals surface area contributed by atoms with Crippen molar-refractivity contribution in [2.45, 2.75) is 18.0 Å². The number of carbonyl (C=O) groups is 2. The molecule has 1 amide bonds. The van der Waals surface area contributed by atoms with Crippen LogP contribution < -0.4 is 5.56 Å². The molecule has 29 heavy (non-hydrogen) atoms. The average molecular weight is 411 g/mol. The Morgan fingerprint density at radius 3 is 2.59 bits per heavy atom. The van der Waals surface area contributed by atoms with Crippen molar-refractivity contribution >= 4 is 34.5 Å². The SMILES string of the molecule is CSc1ccc(CN(C)C(=O)COC(=O)Cn2cnc3ccccc3c2=O)cc1. The van der Waals surface area contributed by atoms with Crippen LogP contribution in [0.1, 0.15) is 5.56 Å². The van der Waals surface area contributed by atoms with Crippen LogP contribution in [-0.2, 0) is 27.4 Å². The van der Waals surface area contributed by atoms with E-state index in [1.54, 1.807) is 43.1 Å². The van der Waals surface area contributed by atoms with Gasteiger partial charge in [-0.3, -0.25) is 19.0 Å². The molecule has 0 saturated heterocycles. The van der Waals surface area contributed by atoms with E-state index in [1.165, 1.54) is 15.8 Å². The molecule has 0 N–H and O–H groups in total. The van der Waals surface area contributed by atoms with Gasteiger partial charge >= 0.3 is 5.97 Å². The van der Waals surface area contributed by atoms with Gasteiger partial charge in [0.25, 0.3) is 11.5 Å². The number of likely N-dealkylation sites (N-methyl/N-ethyl adjacent to an activating group) is 1. The molecule has 0 fully saturated rings. The molecule has 0 aliphatic rings. The first-order valence-corrected chi connectivity index (χ1v) is 10.2. The summed E-state index contributed by atoms with van der Waals surface area (Å²) in [5, 5.41) is 0.422. The van der Waals surface area contributed by atoms with Crippen molar-refractivity contribution in [3.05, 3.63) is 70.8 Å². The number of rotatable bonds is 7. The molecule has 1 aromatic heterocycles. The average Bonchev–Trinajstić information content (AvgIpc) is 2.74. The molecule has 3 rings (SSSR count). The van der Waals surface area contributed by atoms with Gasteiger partial charge in [0.05, 0.1) is 17.2 Å². The zero-order valence-corrected chi connectivity index (χ0v) is 17.0. The highest BCUT2D eigenvalue weighted by Crippen LogP contribution is 2.15. The topological polar surface area (TPSA) is 81.5 Å². The highest BCUT2D eigenvalue weighted by molar-refractivity contribution is 7.98. The number of para-hydroxylation sites is 1. The minimum Gasteiger partial charge on any atom is -0.454 e. The lowest BCUT2D eigenvalue weighted by molar-refractivity contribution is -0.152. The van der Waals surface area contributed by atoms with Gasteiger partial charge in [-0.2, -0.15) is 0 Å². The molecule has 0 radical (unpaired) electrons. The molecule has 8 heteroatoms. The van der Waals surface area contributed by atoms with Gasteiger partial charge in [-0.25, -0.2) is 4.98 Å². The Balaban J connectivity index is 1.53. The molecule has 0 atom stereocenters. The van der Waals surface area contributed by atoms with Gasteiger partial charge in [0.15, 0.2) is 6.61 Å². The lowest BCUT2D eigenvalue weighted by Gasteiger charge is -2.17. The molecular weight excluding hydrogens is 390 g/mol. The maximum atomic E-state index is 12.4. The third kappa shape index (κ3) is 5.23. The fraction of sp³-hybridized carbons (Fsp3) is 0.238. The van der Waals surface area contributed by atoms with E-state index in [1.807, 2.05) is 30.5 Å². The predicted octanol–water partition coefficient (Wildman–Crippen LogP) is 2.32. The summed E-state index contributed by atoms with van der Waals surface area (Å²) in [5.41, 5.74) is 1.22. The van der Waals surface area contributed by atoms with Gasteiger partial charge in [0, 0.05) is 18.5 Å². The standard InChI is InChI=1S/C21H21N3O4S/c1-23(11-15-7-9-16(29-2)10-8-15)19(25)13-28-20(26)12-24-14-22-18-6-4-3-5-17(18)21(24)27/h3-10,14H,11-13H2,1-2H3. The van der Waals surface area contributed by atoms with Crippen LogP contribution in [0.3, 0.4) is 0 Å². The summed E-state index contributed by atoms with van der Waals surface area (Å²) in [7, 11) is 1.65. The summed E-state index contributed by atoms with van der Waals surface area (Å²) in [6, 6.07) is 14.8. The van der Waals surface area contributed by atoms with Crippen molar-refractivity contribution < 1.29 is 14.3 Å². The number of thioether (sulfide) groups is 1. The number of ether oxygens (including phenoxy) is 1. The summed E-state index contributed by atoms with van der Waals surface area (Å²) in [6.45, 7) is -0.267. The monoisotopic (exact) mass is 411 g/mol. The van der Waals surface area contributed by atoms with Crippen LogP contribution >= 0.6 is 11.8 Å². The van der Waals surface area contributed by atoms with Crippen molar-refractivity contribution in [3.63, 3.8) is 0 Å². The number of nitrogens with zero attached hydrogens (tertiary/aromatic N) is 3. The van der Waals surface area contributed by atoms with Gasteiger partial charge in [0.1, 0.15) is 6.54 Å². The van der Waals surface area contributed by atoms with E-state index in [-0.39, 0.29) is 24.6 Å². The summed E-state index contributed by atoms with van der Waals surface area (Å²) in [5.74, 6) is -0.994. The summed E-state index contributed by atoms with van der Waals surface area (Å²) >= 11 is 1.65. The molecule has 3 aromatic rings. The molecule has 7 nitrogen and oxygen atoms in total. The Bertz CT molecular complexity index is 1080. The third-order valence-corrected chi connectivity index (χ3v) is 5.14. The smallest absolute Gasteiger partial charge is 0.326 e. The van der Waals surface area contributed by atoms with Crippen LogP contribution in [0.4, 0.5) is 0 Å². The minimum atomic E-state index is -0.671. The molecule has 1 heterocycles. The Labute approximate surface area is 172 Å². The van der Waals surface area contributed by atoms with Gasteiger partial charge < -0.3 is 9.64 Å². The minimum absolute atomic E-state index is 0.302. The molecular formula is C21H21N3O4S. The number of benzene rings is 2. The highest BCUT2D eigenvalue weighted by Gasteiger charge is 2.14. The van der Waals surface area contributed by atoms with Crippen LogP contribution in [0.5, 0.6) is 0 Å². The second kappa shape index (κ2) is 9.38. The summed E-state index contributed by atoms with van der Waals surface area (Å²) < 4.78 is 6.22. The number of aromatic nitrogens is 2. The first kappa shape index (κ1) is 20.6. The molecule has 0 spiro atoms. The molecule has 0 bridgehead atoms. The van der Waals surface area contributed by atoms with Gasteiger partial charge in [-0.1, -0.05) is 24.3 Å². The zero-order valence-electron chi connectivity index (χ0n) is 16.2. The molecule has 0 saturated carbocycles. The molecule has 2 aromatic carbocycles. The number of hydrogen-bond acceptors (Lipinski definition) is 6. The quantitative estimate of drug-likeness (QED) is 0.438. The Morgan fingerprint density at radius 1 is 1.14 bits per heavy atom. The maximum Gasteiger partial charge on any atom is 0.326 e. The van der Waals surface area contributed by atoms with Crippen LogP contribution in [0.2, 0.25) is 0 Å². The van der Waals surface area contributed by atoms with Crippen LogP contribution in [0.15, 0.2) is 64.5 Å². The van der Waals surface area contributed by atoms with E-state index in [2.05, 4.69) is 4.98 Å². The third-order valence-electron chi connectivity index (χ3n) is 4.39. The molecule has 0 aliphatic carbocycles. The second-order valence-corrected chi connectivity index (χ2v) is 7.33. The normalized spacial score (nSPS) is 10.7. The van der Waals surface area contributed by atoms with Gasteiger partial charge in [0.2, 0.25) is 0 Å². The lowest BCUT2D eigenvalue weighted by Crippen LogP contribution is -2.32. The first-order chi connectivity index (χ1) is 14.0. The van der Waals surface area contributed by atoms with E-state index in [9.17, 15) is 14.4 Å². The fourth-order valence-electron chi connectivity index (χ4n) is 2.75. The van der Waals surface area contributed by atoms with Crippen LogP contribution in [-0.4, -0.2) is 46.2 Å². The number of hydrogen-bond donors (Lipinski definition) is 0. The van der Waals surface area contributed by atoms with E-state index < -0.39 is 5.97 Å². The number of fused-ring (bicyclic) bond motifs is 1. The van der Waals surface area contributed by atoms with Crippen molar-refractivity contribution in [2.24, 2.45) is 0 Å². The van der Waals surface area contributed by atoms with E-state index >= 15 is 0 Å². The van der Waals surface area contributed by atoms with Crippen LogP contribution in [0.25, 0.3) is 10.9 Å². The fourth-order valence-corrected chi connectivity index (χ4v) is 3.16. The molecule has 0 unspecified atom stereocenters. The van der Waals surface area contributed by atoms with Crippen molar-refractivity contribution in [3.8, 4) is 0 Å². The maximum absolute atomic E-state index is 12.4. The zero-order chi connectivity index (χ0) is 20.8. The van der Waals surface area contributed by atoms with Gasteiger partial charge in [-0.15, -0.1) is 11.8 Å². The first-order valence-electron chi connectivity index (χ1n) is 8.94. The predicted molar refractivity (Wildman–Crippen MR) is 112 cm³/mol. The highest BCUT2D eigenvalue weighted by atomic mass is 32.2. The second-order valence-electron chi connectivity index (χ2n) is 6.45. The number of carbonyl (C=O) groups excluding carboxylic acids is 2. The Hall–Kier alpha value is -3.13. The number of esters is 1. The molecule has 0 aliphatic heterocycles. The molecule has 150 valence electrons. The van der Waals surface area contributed by atoms with Gasteiger partial charge in [-0.05, 0) is 36.1 Å². The summed E-state index contributed by atoms with van der Waals surface area (Å²) in [6.07, 6.45) is 3.30. The Morgan fingerprint density at radius 2 is 1.86 bits per heavy atom. The lowest BCUT2D eigenvalue weighted by atomic mass is 10.2. The summed E-state index contributed by atoms with van der Waals surface area (Å²) in [4.78, 5) is 43.5. The van der Waals surface area contributed by atoms with Crippen molar-refractivity contribution in [2.75, 3.05) is 19.9 Å². The van der Waals surface area contributed by atoms with E-state index in [4.69, 9.17) is 4.74 Å². The number of amides is 1. The van der Waals surface area contributed by atoms with E-state index in [0.29, 0.717) is 17.4 Å². The van der Waals surface area contributed by atoms with Crippen molar-refractivity contribution in [1.29, 1.82) is 0 Å². The van der Waals surface area contributed by atoms with E-state index in [0.717, 1.165) is 10.5 Å². The van der Waals surface area contributed by atoms with Crippen molar-refractivity contribution in [1.82, 2.24) is 14.5 Å². The van der Waals surface area contributed by atoms with Crippen LogP contribution in [0, 0.1) is 0 Å².